The maximum Gasteiger partial charge on any atom is 0.335 e. The summed E-state index contributed by atoms with van der Waals surface area (Å²) in [5.74, 6) is -0.754. The number of carboxylic acid groups (broad SMARTS) is 1. The Bertz CT molecular complexity index is 1190. The van der Waals surface area contributed by atoms with Gasteiger partial charge in [0.15, 0.2) is 0 Å². The van der Waals surface area contributed by atoms with Crippen LogP contribution in [-0.2, 0) is 16.4 Å². The molecule has 8 nitrogen and oxygen atoms in total. The summed E-state index contributed by atoms with van der Waals surface area (Å²) < 4.78 is 27.9. The van der Waals surface area contributed by atoms with Crippen molar-refractivity contribution in [1.29, 1.82) is 5.41 Å². The van der Waals surface area contributed by atoms with Gasteiger partial charge in [0.1, 0.15) is 5.82 Å². The fourth-order valence-electron chi connectivity index (χ4n) is 3.30. The van der Waals surface area contributed by atoms with Gasteiger partial charge in [0.2, 0.25) is 10.0 Å². The molecule has 9 heteroatoms. The summed E-state index contributed by atoms with van der Waals surface area (Å²) in [5, 5.41) is 17.6. The topological polar surface area (TPSA) is 137 Å². The molecule has 0 amide bonds. The minimum atomic E-state index is -3.88. The highest BCUT2D eigenvalue weighted by Gasteiger charge is 2.25. The average molecular weight is 426 g/mol. The molecule has 2 aromatic carbocycles. The van der Waals surface area contributed by atoms with Crippen molar-refractivity contribution < 1.29 is 18.3 Å². The third-order valence-corrected chi connectivity index (χ3v) is 6.68. The third kappa shape index (κ3) is 4.47. The van der Waals surface area contributed by atoms with Gasteiger partial charge in [0.05, 0.1) is 10.5 Å². The van der Waals surface area contributed by atoms with E-state index in [0.29, 0.717) is 23.6 Å². The molecule has 0 spiro atoms. The zero-order chi connectivity index (χ0) is 21.7. The standard InChI is InChI=1S/C21H22N4O4S/c22-10-13-25(12-3-5-15-4-1-6-16(14-15)21(26)27)30(28,29)19-8-2-7-18-17(19)9-11-24-20(18)23/h1-2,4,6-11,14,22H,3,5,12-13H2,(H2,23,24)(H,26,27). The summed E-state index contributed by atoms with van der Waals surface area (Å²) in [6.07, 6.45) is 3.50. The van der Waals surface area contributed by atoms with Crippen LogP contribution in [0.1, 0.15) is 22.3 Å². The van der Waals surface area contributed by atoms with E-state index in [1.165, 1.54) is 22.6 Å². The number of carboxylic acids is 1. The molecule has 156 valence electrons. The predicted molar refractivity (Wildman–Crippen MR) is 115 cm³/mol. The quantitative estimate of drug-likeness (QED) is 0.450. The second-order valence-corrected chi connectivity index (χ2v) is 8.63. The predicted octanol–water partition coefficient (Wildman–Crippen LogP) is 2.79. The molecule has 0 unspecified atom stereocenters. The number of nitrogen functional groups attached to an aromatic ring is 1. The smallest absolute Gasteiger partial charge is 0.335 e. The van der Waals surface area contributed by atoms with Crippen LogP contribution in [0, 0.1) is 5.41 Å². The number of hydrogen-bond donors (Lipinski definition) is 3. The van der Waals surface area contributed by atoms with Crippen LogP contribution in [0.25, 0.3) is 10.8 Å². The molecule has 0 saturated heterocycles. The first kappa shape index (κ1) is 21.4. The van der Waals surface area contributed by atoms with Crippen molar-refractivity contribution in [2.75, 3.05) is 18.8 Å². The van der Waals surface area contributed by atoms with Gasteiger partial charge in [-0.15, -0.1) is 0 Å². The first-order chi connectivity index (χ1) is 14.3. The lowest BCUT2D eigenvalue weighted by Gasteiger charge is -2.21. The lowest BCUT2D eigenvalue weighted by molar-refractivity contribution is 0.0696. The van der Waals surface area contributed by atoms with E-state index >= 15 is 0 Å². The van der Waals surface area contributed by atoms with Crippen molar-refractivity contribution in [3.8, 4) is 0 Å². The number of carbonyl (C=O) groups is 1. The highest BCUT2D eigenvalue weighted by atomic mass is 32.2. The Kier molecular flexibility index (Phi) is 6.43. The molecule has 0 radical (unpaired) electrons. The van der Waals surface area contributed by atoms with Crippen LogP contribution in [0.3, 0.4) is 0 Å². The monoisotopic (exact) mass is 426 g/mol. The molecule has 0 aliphatic heterocycles. The van der Waals surface area contributed by atoms with E-state index < -0.39 is 16.0 Å². The number of rotatable bonds is 9. The van der Waals surface area contributed by atoms with Crippen molar-refractivity contribution in [2.45, 2.75) is 17.7 Å². The van der Waals surface area contributed by atoms with Gasteiger partial charge in [-0.3, -0.25) is 0 Å². The molecule has 30 heavy (non-hydrogen) atoms. The van der Waals surface area contributed by atoms with Gasteiger partial charge in [-0.2, -0.15) is 4.31 Å². The van der Waals surface area contributed by atoms with Crippen LogP contribution in [0.2, 0.25) is 0 Å². The molecule has 0 bridgehead atoms. The van der Waals surface area contributed by atoms with Crippen LogP contribution in [0.5, 0.6) is 0 Å². The maximum atomic E-state index is 13.3. The molecule has 4 N–H and O–H groups in total. The SMILES string of the molecule is N=CCN(CCCc1cccc(C(=O)O)c1)S(=O)(=O)c1cccc2c(N)nccc12. The average Bonchev–Trinajstić information content (AvgIpc) is 2.73. The highest BCUT2D eigenvalue weighted by Crippen LogP contribution is 2.28. The van der Waals surface area contributed by atoms with Crippen molar-refractivity contribution >= 4 is 38.8 Å². The Morgan fingerprint density at radius 3 is 2.67 bits per heavy atom. The number of nitrogens with one attached hydrogen (secondary N) is 1. The van der Waals surface area contributed by atoms with E-state index in [4.69, 9.17) is 16.2 Å². The number of aromatic nitrogens is 1. The number of aromatic carboxylic acids is 1. The fourth-order valence-corrected chi connectivity index (χ4v) is 4.92. The number of aryl methyl sites for hydroxylation is 1. The normalized spacial score (nSPS) is 11.6. The first-order valence-electron chi connectivity index (χ1n) is 9.29. The lowest BCUT2D eigenvalue weighted by Crippen LogP contribution is -2.34. The van der Waals surface area contributed by atoms with E-state index in [9.17, 15) is 13.2 Å². The molecule has 1 heterocycles. The third-order valence-electron chi connectivity index (χ3n) is 4.76. The molecular formula is C21H22N4O4S. The summed E-state index contributed by atoms with van der Waals surface area (Å²) in [6.45, 7) is 0.125. The summed E-state index contributed by atoms with van der Waals surface area (Å²) in [7, 11) is -3.88. The number of nitrogens with zero attached hydrogens (tertiary/aromatic N) is 2. The molecule has 0 fully saturated rings. The number of pyridine rings is 1. The zero-order valence-electron chi connectivity index (χ0n) is 16.2. The van der Waals surface area contributed by atoms with Gasteiger partial charge in [-0.1, -0.05) is 24.3 Å². The molecule has 0 saturated carbocycles. The van der Waals surface area contributed by atoms with Crippen molar-refractivity contribution in [1.82, 2.24) is 9.29 Å². The Labute approximate surface area is 174 Å². The number of anilines is 1. The van der Waals surface area contributed by atoms with Gasteiger partial charge in [-0.05, 0) is 42.7 Å². The Morgan fingerprint density at radius 1 is 1.17 bits per heavy atom. The molecule has 0 atom stereocenters. The fraction of sp³-hybridized carbons (Fsp3) is 0.190. The lowest BCUT2D eigenvalue weighted by atomic mass is 10.1. The molecule has 3 aromatic rings. The molecule has 0 aliphatic rings. The van der Waals surface area contributed by atoms with E-state index in [2.05, 4.69) is 4.98 Å². The number of fused-ring (bicyclic) bond motifs is 1. The van der Waals surface area contributed by atoms with Gasteiger partial charge >= 0.3 is 5.97 Å². The van der Waals surface area contributed by atoms with Crippen LogP contribution in [0.15, 0.2) is 59.6 Å². The Hall–Kier alpha value is -3.30. The summed E-state index contributed by atoms with van der Waals surface area (Å²) >= 11 is 0. The molecule has 0 aliphatic carbocycles. The minimum Gasteiger partial charge on any atom is -0.478 e. The summed E-state index contributed by atoms with van der Waals surface area (Å²) in [6, 6.07) is 13.0. The van der Waals surface area contributed by atoms with Gasteiger partial charge < -0.3 is 16.2 Å². The van der Waals surface area contributed by atoms with Crippen LogP contribution in [0.4, 0.5) is 5.82 Å². The van der Waals surface area contributed by atoms with Crippen molar-refractivity contribution in [2.24, 2.45) is 0 Å². The van der Waals surface area contributed by atoms with Crippen molar-refractivity contribution in [3.05, 3.63) is 65.9 Å². The number of benzene rings is 2. The van der Waals surface area contributed by atoms with Crippen LogP contribution in [-0.4, -0.2) is 48.1 Å². The van der Waals surface area contributed by atoms with E-state index in [-0.39, 0.29) is 29.4 Å². The summed E-state index contributed by atoms with van der Waals surface area (Å²) in [4.78, 5) is 15.2. The van der Waals surface area contributed by atoms with Gasteiger partial charge in [-0.25, -0.2) is 18.2 Å². The minimum absolute atomic E-state index is 0.0611. The summed E-state index contributed by atoms with van der Waals surface area (Å²) in [5.41, 5.74) is 6.89. The van der Waals surface area contributed by atoms with E-state index in [1.807, 2.05) is 6.07 Å². The molecule has 1 aromatic heterocycles. The number of hydrogen-bond acceptors (Lipinski definition) is 6. The Balaban J connectivity index is 1.84. The number of nitrogens with two attached hydrogens (primary N) is 1. The second-order valence-electron chi connectivity index (χ2n) is 6.72. The first-order valence-corrected chi connectivity index (χ1v) is 10.7. The van der Waals surface area contributed by atoms with Crippen molar-refractivity contribution in [3.63, 3.8) is 0 Å². The van der Waals surface area contributed by atoms with Gasteiger partial charge in [0, 0.05) is 36.3 Å². The van der Waals surface area contributed by atoms with Gasteiger partial charge in [0.25, 0.3) is 0 Å². The maximum absolute atomic E-state index is 13.3. The molecule has 3 rings (SSSR count). The Morgan fingerprint density at radius 2 is 1.93 bits per heavy atom. The molecular weight excluding hydrogens is 404 g/mol. The van der Waals surface area contributed by atoms with Crippen LogP contribution >= 0.6 is 0 Å². The largest absolute Gasteiger partial charge is 0.478 e. The second kappa shape index (κ2) is 9.02. The van der Waals surface area contributed by atoms with Crippen LogP contribution < -0.4 is 5.73 Å². The highest BCUT2D eigenvalue weighted by molar-refractivity contribution is 7.89. The number of sulfonamides is 1. The van der Waals surface area contributed by atoms with E-state index in [0.717, 1.165) is 11.8 Å². The van der Waals surface area contributed by atoms with E-state index in [1.54, 1.807) is 30.3 Å². The zero-order valence-corrected chi connectivity index (χ0v) is 17.0.